The number of fused-ring (bicyclic) bond motifs is 3. The minimum absolute atomic E-state index is 0.00915. The maximum absolute atomic E-state index is 17.1. The number of hydrogen-bond acceptors (Lipinski definition) is 8. The number of halogens is 3. The van der Waals surface area contributed by atoms with Gasteiger partial charge >= 0.3 is 6.01 Å². The van der Waals surface area contributed by atoms with Crippen molar-refractivity contribution in [2.75, 3.05) is 44.7 Å². The molecule has 4 aromatic rings. The Balaban J connectivity index is 1.39. The summed E-state index contributed by atoms with van der Waals surface area (Å²) in [6, 6.07) is 8.79. The first-order chi connectivity index (χ1) is 23.5. The number of hydrogen-bond donors (Lipinski definition) is 1. The second-order valence-electron chi connectivity index (χ2n) is 14.3. The van der Waals surface area contributed by atoms with E-state index in [0.717, 1.165) is 45.2 Å². The van der Waals surface area contributed by atoms with Crippen molar-refractivity contribution < 1.29 is 17.9 Å². The average Bonchev–Trinajstić information content (AvgIpc) is 3.63. The van der Waals surface area contributed by atoms with Crippen LogP contribution in [0.5, 0.6) is 6.01 Å². The third-order valence-electron chi connectivity index (χ3n) is 10.6. The van der Waals surface area contributed by atoms with E-state index in [2.05, 4.69) is 32.2 Å². The van der Waals surface area contributed by atoms with Crippen LogP contribution in [0.25, 0.3) is 32.9 Å². The molecule has 0 bridgehead atoms. The number of anilines is 1. The number of nitriles is 1. The molecular formula is C38H40F3N7O. The lowest BCUT2D eigenvalue weighted by Crippen LogP contribution is -2.44. The van der Waals surface area contributed by atoms with Crippen LogP contribution in [-0.2, 0) is 5.41 Å². The lowest BCUT2D eigenvalue weighted by molar-refractivity contribution is 0.107. The van der Waals surface area contributed by atoms with Gasteiger partial charge in [-0.2, -0.15) is 15.2 Å². The Kier molecular flexibility index (Phi) is 8.62. The minimum atomic E-state index is -0.945. The number of ether oxygens (including phenoxy) is 1. The topological polar surface area (TPSA) is 90.2 Å². The molecule has 3 aliphatic heterocycles. The normalized spacial score (nSPS) is 22.6. The number of nitrogens with one attached hydrogen (secondary N) is 1. The van der Waals surface area contributed by atoms with Crippen molar-refractivity contribution in [2.45, 2.75) is 75.5 Å². The second kappa shape index (κ2) is 12.8. The van der Waals surface area contributed by atoms with Crippen molar-refractivity contribution in [3.05, 3.63) is 53.2 Å². The number of aromatic nitrogens is 3. The fourth-order valence-electron chi connectivity index (χ4n) is 7.90. The molecule has 3 saturated heterocycles. The van der Waals surface area contributed by atoms with Crippen LogP contribution in [0, 0.1) is 35.3 Å². The van der Waals surface area contributed by atoms with E-state index >= 15 is 8.78 Å². The van der Waals surface area contributed by atoms with Gasteiger partial charge in [0.15, 0.2) is 5.82 Å². The zero-order chi connectivity index (χ0) is 34.5. The molecule has 5 heterocycles. The van der Waals surface area contributed by atoms with Crippen LogP contribution in [0.3, 0.4) is 0 Å². The van der Waals surface area contributed by atoms with Gasteiger partial charge in [0.25, 0.3) is 0 Å². The van der Waals surface area contributed by atoms with Crippen molar-refractivity contribution in [3.63, 3.8) is 0 Å². The number of likely N-dealkylation sites (N-methyl/N-ethyl adjacent to an activating group) is 1. The van der Waals surface area contributed by atoms with Crippen molar-refractivity contribution in [3.8, 4) is 35.7 Å². The highest BCUT2D eigenvalue weighted by Crippen LogP contribution is 2.42. The fourth-order valence-corrected chi connectivity index (χ4v) is 7.90. The smallest absolute Gasteiger partial charge is 0.319 e. The second-order valence-corrected chi connectivity index (χ2v) is 14.3. The van der Waals surface area contributed by atoms with Gasteiger partial charge in [-0.05, 0) is 81.8 Å². The Morgan fingerprint density at radius 3 is 2.80 bits per heavy atom. The third-order valence-corrected chi connectivity index (χ3v) is 10.6. The summed E-state index contributed by atoms with van der Waals surface area (Å²) in [5.41, 5.74) is -0.654. The molecule has 8 nitrogen and oxygen atoms in total. The first-order valence-corrected chi connectivity index (χ1v) is 17.0. The van der Waals surface area contributed by atoms with Crippen LogP contribution < -0.4 is 15.0 Å². The number of nitrogens with zero attached hydrogens (tertiary/aromatic N) is 6. The maximum Gasteiger partial charge on any atom is 0.319 e. The number of alkyl halides is 1. The minimum Gasteiger partial charge on any atom is -0.461 e. The summed E-state index contributed by atoms with van der Waals surface area (Å²) in [6.45, 7) is 6.45. The molecule has 0 spiro atoms. The predicted octanol–water partition coefficient (Wildman–Crippen LogP) is 6.44. The molecule has 3 fully saturated rings. The highest BCUT2D eigenvalue weighted by molar-refractivity contribution is 6.02. The van der Waals surface area contributed by atoms with Crippen molar-refractivity contribution in [2.24, 2.45) is 0 Å². The lowest BCUT2D eigenvalue weighted by atomic mass is 9.82. The molecule has 254 valence electrons. The summed E-state index contributed by atoms with van der Waals surface area (Å²) in [5, 5.41) is 14.8. The average molecular weight is 668 g/mol. The molecule has 2 aromatic carbocycles. The summed E-state index contributed by atoms with van der Waals surface area (Å²) < 4.78 is 53.0. The Bertz CT molecular complexity index is 2020. The van der Waals surface area contributed by atoms with Gasteiger partial charge < -0.3 is 15.0 Å². The molecule has 1 N–H and O–H groups in total. The fraction of sp³-hybridized carbons (Fsp3) is 0.474. The molecule has 3 atom stereocenters. The Morgan fingerprint density at radius 1 is 1.20 bits per heavy atom. The molecule has 0 radical (unpaired) electrons. The number of pyridine rings is 1. The molecule has 49 heavy (non-hydrogen) atoms. The molecule has 0 amide bonds. The van der Waals surface area contributed by atoms with Crippen LogP contribution >= 0.6 is 0 Å². The van der Waals surface area contributed by atoms with Crippen LogP contribution in [0.15, 0.2) is 30.5 Å². The predicted molar refractivity (Wildman–Crippen MR) is 184 cm³/mol. The largest absolute Gasteiger partial charge is 0.461 e. The Morgan fingerprint density at radius 2 is 2.04 bits per heavy atom. The van der Waals surface area contributed by atoms with Gasteiger partial charge in [-0.25, -0.2) is 13.2 Å². The zero-order valence-corrected chi connectivity index (χ0v) is 28.1. The van der Waals surface area contributed by atoms with Gasteiger partial charge in [-0.15, -0.1) is 6.42 Å². The Labute approximate surface area is 284 Å². The van der Waals surface area contributed by atoms with E-state index in [-0.39, 0.29) is 41.0 Å². The van der Waals surface area contributed by atoms with Gasteiger partial charge in [-0.3, -0.25) is 9.88 Å². The molecule has 0 aliphatic carbocycles. The third kappa shape index (κ3) is 5.94. The summed E-state index contributed by atoms with van der Waals surface area (Å²) in [4.78, 5) is 18.1. The van der Waals surface area contributed by atoms with E-state index in [1.165, 1.54) is 12.3 Å². The maximum atomic E-state index is 17.1. The van der Waals surface area contributed by atoms with E-state index < -0.39 is 28.8 Å². The van der Waals surface area contributed by atoms with E-state index in [0.29, 0.717) is 47.1 Å². The summed E-state index contributed by atoms with van der Waals surface area (Å²) in [7, 11) is 1.90. The highest BCUT2D eigenvalue weighted by atomic mass is 19.1. The van der Waals surface area contributed by atoms with E-state index in [1.807, 2.05) is 11.9 Å². The Hall–Kier alpha value is -4.45. The number of benzene rings is 2. The molecule has 0 unspecified atom stereocenters. The van der Waals surface area contributed by atoms with E-state index in [4.69, 9.17) is 16.1 Å². The molecule has 7 rings (SSSR count). The summed E-state index contributed by atoms with van der Waals surface area (Å²) in [5.74, 6) is 1.52. The van der Waals surface area contributed by atoms with Crippen LogP contribution in [0.2, 0.25) is 0 Å². The number of terminal acetylenes is 1. The van der Waals surface area contributed by atoms with Gasteiger partial charge in [0, 0.05) is 49.7 Å². The lowest BCUT2D eigenvalue weighted by Gasteiger charge is -2.31. The standard InChI is InChI=1S/C38H40F3N7O/c1-5-27-30(40)11-10-23-15-24(37(2,3)21-42)16-28(31(23)27)33-32(41)34-29(18-44-33)35(47(4)20-26-9-6-7-13-43-26)46-36(45-34)49-22-38-12-8-14-48(38)19-25(39)17-38/h1,10-11,15-16,18,25-26,43H,6-9,12-14,17,19-20,22H2,2-4H3/t25-,26-,38+/m1/s1. The highest BCUT2D eigenvalue weighted by Gasteiger charge is 2.49. The quantitative estimate of drug-likeness (QED) is 0.215. The van der Waals surface area contributed by atoms with Crippen molar-refractivity contribution in [1.29, 1.82) is 5.26 Å². The molecule has 2 aromatic heterocycles. The molecule has 11 heteroatoms. The van der Waals surface area contributed by atoms with Gasteiger partial charge in [0.1, 0.15) is 35.6 Å². The zero-order valence-electron chi connectivity index (χ0n) is 28.1. The van der Waals surface area contributed by atoms with Crippen LogP contribution in [-0.4, -0.2) is 77.4 Å². The first kappa shape index (κ1) is 33.1. The van der Waals surface area contributed by atoms with E-state index in [9.17, 15) is 9.65 Å². The van der Waals surface area contributed by atoms with Gasteiger partial charge in [0.05, 0.1) is 28.0 Å². The summed E-state index contributed by atoms with van der Waals surface area (Å²) in [6.07, 6.45) is 11.8. The molecule has 0 saturated carbocycles. The van der Waals surface area contributed by atoms with E-state index in [1.54, 1.807) is 32.0 Å². The van der Waals surface area contributed by atoms with Crippen LogP contribution in [0.1, 0.15) is 63.5 Å². The molecule has 3 aliphatic rings. The van der Waals surface area contributed by atoms with Crippen molar-refractivity contribution in [1.82, 2.24) is 25.2 Å². The van der Waals surface area contributed by atoms with Crippen LogP contribution in [0.4, 0.5) is 19.0 Å². The number of piperidine rings is 1. The monoisotopic (exact) mass is 667 g/mol. The van der Waals surface area contributed by atoms with Crippen molar-refractivity contribution >= 4 is 27.5 Å². The van der Waals surface area contributed by atoms with Gasteiger partial charge in [-0.1, -0.05) is 18.4 Å². The number of rotatable bonds is 8. The first-order valence-electron chi connectivity index (χ1n) is 17.0. The molecular weight excluding hydrogens is 627 g/mol. The summed E-state index contributed by atoms with van der Waals surface area (Å²) >= 11 is 0. The SMILES string of the molecule is C#Cc1c(F)ccc2cc(C(C)(C)C#N)cc(-c3ncc4c(N(C)C[C@H]5CCCCN5)nc(OC[C@@]56CCCN5C[C@H](F)C6)nc4c3F)c12. The van der Waals surface area contributed by atoms with Gasteiger partial charge in [0.2, 0.25) is 0 Å².